The first-order chi connectivity index (χ1) is 8.20. The summed E-state index contributed by atoms with van der Waals surface area (Å²) in [5.74, 6) is -0.328. The number of halogens is 1. The van der Waals surface area contributed by atoms with Crippen molar-refractivity contribution >= 4 is 17.3 Å². The highest BCUT2D eigenvalue weighted by Gasteiger charge is 2.22. The fourth-order valence-corrected chi connectivity index (χ4v) is 1.42. The molecule has 100 valence electrons. The van der Waals surface area contributed by atoms with Crippen LogP contribution in [0.1, 0.15) is 34.1 Å². The highest BCUT2D eigenvalue weighted by atomic mass is 19.1. The van der Waals surface area contributed by atoms with Gasteiger partial charge in [-0.2, -0.15) is 0 Å². The van der Waals surface area contributed by atoms with Crippen LogP contribution in [0.5, 0.6) is 0 Å². The topological polar surface area (TPSA) is 55.1 Å². The molecule has 0 heterocycles. The van der Waals surface area contributed by atoms with Gasteiger partial charge in [-0.15, -0.1) is 0 Å². The summed E-state index contributed by atoms with van der Waals surface area (Å²) in [4.78, 5) is 11.8. The molecule has 0 spiro atoms. The van der Waals surface area contributed by atoms with E-state index >= 15 is 0 Å². The van der Waals surface area contributed by atoms with Crippen molar-refractivity contribution in [2.45, 2.75) is 34.1 Å². The van der Waals surface area contributed by atoms with Crippen molar-refractivity contribution < 1.29 is 9.18 Å². The summed E-state index contributed by atoms with van der Waals surface area (Å²) in [7, 11) is 0. The molecule has 0 aromatic heterocycles. The Morgan fingerprint density at radius 3 is 2.61 bits per heavy atom. The van der Waals surface area contributed by atoms with Crippen LogP contribution < -0.4 is 11.1 Å². The minimum atomic E-state index is -0.414. The zero-order chi connectivity index (χ0) is 13.9. The van der Waals surface area contributed by atoms with Gasteiger partial charge >= 0.3 is 0 Å². The number of hydrogen-bond acceptors (Lipinski definition) is 2. The van der Waals surface area contributed by atoms with Crippen molar-refractivity contribution in [1.29, 1.82) is 0 Å². The number of benzene rings is 1. The molecule has 1 unspecified atom stereocenters. The van der Waals surface area contributed by atoms with Crippen molar-refractivity contribution in [2.24, 2.45) is 11.3 Å². The van der Waals surface area contributed by atoms with Crippen LogP contribution in [-0.4, -0.2) is 5.91 Å². The molecule has 18 heavy (non-hydrogen) atoms. The molecular formula is C14H21FN2O. The number of nitrogens with two attached hydrogens (primary N) is 1. The van der Waals surface area contributed by atoms with Gasteiger partial charge in [-0.05, 0) is 29.5 Å². The summed E-state index contributed by atoms with van der Waals surface area (Å²) in [5.41, 5.74) is 6.44. The van der Waals surface area contributed by atoms with Gasteiger partial charge < -0.3 is 11.1 Å². The van der Waals surface area contributed by atoms with E-state index in [-0.39, 0.29) is 17.2 Å². The molecule has 0 saturated carbocycles. The Hall–Kier alpha value is -1.58. The zero-order valence-corrected chi connectivity index (χ0v) is 11.4. The molecule has 0 aliphatic heterocycles. The van der Waals surface area contributed by atoms with E-state index in [0.29, 0.717) is 17.8 Å². The monoisotopic (exact) mass is 252 g/mol. The smallest absolute Gasteiger partial charge is 0.224 e. The van der Waals surface area contributed by atoms with Gasteiger partial charge in [0, 0.05) is 6.42 Å². The molecule has 1 rings (SSSR count). The first-order valence-electron chi connectivity index (χ1n) is 6.05. The third kappa shape index (κ3) is 4.02. The average Bonchev–Trinajstić information content (AvgIpc) is 2.22. The summed E-state index contributed by atoms with van der Waals surface area (Å²) in [6, 6.07) is 3.94. The summed E-state index contributed by atoms with van der Waals surface area (Å²) in [5, 5.41) is 2.65. The van der Waals surface area contributed by atoms with E-state index in [1.807, 2.05) is 6.92 Å². The summed E-state index contributed by atoms with van der Waals surface area (Å²) in [6.45, 7) is 8.28. The molecule has 0 fully saturated rings. The highest BCUT2D eigenvalue weighted by Crippen LogP contribution is 2.28. The fourth-order valence-electron chi connectivity index (χ4n) is 1.42. The van der Waals surface area contributed by atoms with Crippen LogP contribution in [0.2, 0.25) is 0 Å². The molecule has 1 atom stereocenters. The molecule has 1 aromatic carbocycles. The fraction of sp³-hybridized carbons (Fsp3) is 0.500. The number of nitrogens with one attached hydrogen (secondary N) is 1. The zero-order valence-electron chi connectivity index (χ0n) is 11.4. The van der Waals surface area contributed by atoms with Crippen molar-refractivity contribution in [3.05, 3.63) is 24.0 Å². The number of nitrogen functional groups attached to an aromatic ring is 1. The number of carbonyl (C=O) groups is 1. The van der Waals surface area contributed by atoms with Crippen molar-refractivity contribution in [2.75, 3.05) is 11.1 Å². The second kappa shape index (κ2) is 5.38. The Balaban J connectivity index is 2.68. The van der Waals surface area contributed by atoms with Crippen molar-refractivity contribution in [3.63, 3.8) is 0 Å². The lowest BCUT2D eigenvalue weighted by Gasteiger charge is -2.26. The van der Waals surface area contributed by atoms with Crippen LogP contribution in [-0.2, 0) is 4.79 Å². The molecule has 1 aromatic rings. The number of anilines is 2. The lowest BCUT2D eigenvalue weighted by molar-refractivity contribution is -0.117. The van der Waals surface area contributed by atoms with Gasteiger partial charge in [-0.3, -0.25) is 4.79 Å². The van der Waals surface area contributed by atoms with Gasteiger partial charge in [0.15, 0.2) is 0 Å². The van der Waals surface area contributed by atoms with E-state index in [1.165, 1.54) is 18.2 Å². The van der Waals surface area contributed by atoms with E-state index < -0.39 is 5.82 Å². The third-order valence-electron chi connectivity index (χ3n) is 3.26. The first kappa shape index (κ1) is 14.5. The van der Waals surface area contributed by atoms with Crippen molar-refractivity contribution in [1.82, 2.24) is 0 Å². The maximum absolute atomic E-state index is 13.0. The third-order valence-corrected chi connectivity index (χ3v) is 3.26. The van der Waals surface area contributed by atoms with E-state index in [0.717, 1.165) is 0 Å². The Morgan fingerprint density at radius 1 is 1.44 bits per heavy atom. The maximum Gasteiger partial charge on any atom is 0.224 e. The minimum absolute atomic E-state index is 0.0603. The van der Waals surface area contributed by atoms with Gasteiger partial charge in [-0.25, -0.2) is 4.39 Å². The lowest BCUT2D eigenvalue weighted by atomic mass is 9.80. The van der Waals surface area contributed by atoms with Crippen LogP contribution in [0, 0.1) is 17.2 Å². The van der Waals surface area contributed by atoms with Gasteiger partial charge in [0.25, 0.3) is 0 Å². The lowest BCUT2D eigenvalue weighted by Crippen LogP contribution is -2.24. The summed E-state index contributed by atoms with van der Waals surface area (Å²) >= 11 is 0. The Kier molecular flexibility index (Phi) is 4.33. The number of hydrogen-bond donors (Lipinski definition) is 2. The van der Waals surface area contributed by atoms with Gasteiger partial charge in [0.05, 0.1) is 11.4 Å². The second-order valence-corrected chi connectivity index (χ2v) is 5.75. The largest absolute Gasteiger partial charge is 0.397 e. The SMILES string of the molecule is CC(CC(=O)Nc1cc(F)ccc1N)C(C)(C)C. The average molecular weight is 252 g/mol. The molecule has 0 bridgehead atoms. The molecule has 0 radical (unpaired) electrons. The Morgan fingerprint density at radius 2 is 2.06 bits per heavy atom. The second-order valence-electron chi connectivity index (χ2n) is 5.75. The number of amides is 1. The van der Waals surface area contributed by atoms with E-state index in [1.54, 1.807) is 0 Å². The maximum atomic E-state index is 13.0. The molecule has 0 aliphatic rings. The quantitative estimate of drug-likeness (QED) is 0.810. The highest BCUT2D eigenvalue weighted by molar-refractivity contribution is 5.93. The van der Waals surface area contributed by atoms with Crippen LogP contribution >= 0.6 is 0 Å². The van der Waals surface area contributed by atoms with Crippen LogP contribution in [0.25, 0.3) is 0 Å². The van der Waals surface area contributed by atoms with Crippen molar-refractivity contribution in [3.8, 4) is 0 Å². The predicted octanol–water partition coefficient (Wildman–Crippen LogP) is 3.42. The molecule has 4 heteroatoms. The van der Waals surface area contributed by atoms with Gasteiger partial charge in [0.1, 0.15) is 5.82 Å². The number of carbonyl (C=O) groups excluding carboxylic acids is 1. The summed E-state index contributed by atoms with van der Waals surface area (Å²) in [6.07, 6.45) is 0.388. The predicted molar refractivity (Wildman–Crippen MR) is 72.7 cm³/mol. The van der Waals surface area contributed by atoms with Gasteiger partial charge in [-0.1, -0.05) is 27.7 Å². The molecule has 3 nitrogen and oxygen atoms in total. The molecule has 1 amide bonds. The molecule has 0 aliphatic carbocycles. The van der Waals surface area contributed by atoms with Crippen LogP contribution in [0.3, 0.4) is 0 Å². The number of rotatable bonds is 3. The minimum Gasteiger partial charge on any atom is -0.397 e. The van der Waals surface area contributed by atoms with Crippen LogP contribution in [0.4, 0.5) is 15.8 Å². The molecule has 0 saturated heterocycles. The first-order valence-corrected chi connectivity index (χ1v) is 6.05. The molecular weight excluding hydrogens is 231 g/mol. The Labute approximate surface area is 108 Å². The normalized spacial score (nSPS) is 13.2. The summed E-state index contributed by atoms with van der Waals surface area (Å²) < 4.78 is 13.0. The Bertz CT molecular complexity index is 438. The van der Waals surface area contributed by atoms with Crippen LogP contribution in [0.15, 0.2) is 18.2 Å². The molecule has 3 N–H and O–H groups in total. The van der Waals surface area contributed by atoms with Gasteiger partial charge in [0.2, 0.25) is 5.91 Å². The standard InChI is InChI=1S/C14H21FN2O/c1-9(14(2,3)4)7-13(18)17-12-8-10(15)5-6-11(12)16/h5-6,8-9H,7,16H2,1-4H3,(H,17,18). The van der Waals surface area contributed by atoms with E-state index in [4.69, 9.17) is 5.73 Å². The van der Waals surface area contributed by atoms with E-state index in [2.05, 4.69) is 26.1 Å². The van der Waals surface area contributed by atoms with E-state index in [9.17, 15) is 9.18 Å².